The molecule has 5 rings (SSSR count). The molecule has 0 fully saturated rings. The largest absolute Gasteiger partial charge is 0.508 e. The maximum absolute atomic E-state index is 13.1. The summed E-state index contributed by atoms with van der Waals surface area (Å²) in [5, 5.41) is 39.1. The van der Waals surface area contributed by atoms with E-state index >= 15 is 0 Å². The molecule has 2 atom stereocenters. The maximum Gasteiger partial charge on any atom is 0.344 e. The average molecular weight is 474 g/mol. The van der Waals surface area contributed by atoms with E-state index in [1.807, 2.05) is 0 Å². The Morgan fingerprint density at radius 1 is 0.743 bits per heavy atom. The van der Waals surface area contributed by atoms with Crippen molar-refractivity contribution in [1.82, 2.24) is 0 Å². The van der Waals surface area contributed by atoms with Crippen molar-refractivity contribution in [3.63, 3.8) is 0 Å². The lowest BCUT2D eigenvalue weighted by atomic mass is 9.89. The van der Waals surface area contributed by atoms with Gasteiger partial charge in [-0.1, -0.05) is 24.3 Å². The molecule has 2 aromatic heterocycles. The van der Waals surface area contributed by atoms with Crippen molar-refractivity contribution in [1.29, 1.82) is 0 Å². The molecule has 9 heteroatoms. The summed E-state index contributed by atoms with van der Waals surface area (Å²) in [5.41, 5.74) is -0.358. The zero-order valence-electron chi connectivity index (χ0n) is 17.9. The van der Waals surface area contributed by atoms with Crippen LogP contribution in [0.4, 0.5) is 0 Å². The molecular formula is C26H18O9. The summed E-state index contributed by atoms with van der Waals surface area (Å²) < 4.78 is 16.8. The minimum atomic E-state index is -0.986. The Kier molecular flexibility index (Phi) is 5.29. The van der Waals surface area contributed by atoms with Gasteiger partial charge in [-0.3, -0.25) is 0 Å². The van der Waals surface area contributed by atoms with E-state index in [0.29, 0.717) is 5.56 Å². The number of rotatable bonds is 4. The van der Waals surface area contributed by atoms with Crippen molar-refractivity contribution in [3.05, 3.63) is 110 Å². The third-order valence-electron chi connectivity index (χ3n) is 5.58. The molecule has 0 bridgehead atoms. The monoisotopic (exact) mass is 474 g/mol. The second-order valence-electron chi connectivity index (χ2n) is 7.94. The van der Waals surface area contributed by atoms with E-state index in [9.17, 15) is 30.0 Å². The number of ether oxygens (including phenoxy) is 1. The minimum absolute atomic E-state index is 0.0361. The minimum Gasteiger partial charge on any atom is -0.508 e. The highest BCUT2D eigenvalue weighted by Gasteiger charge is 2.42. The lowest BCUT2D eigenvalue weighted by Crippen LogP contribution is -2.17. The Balaban J connectivity index is 1.61. The van der Waals surface area contributed by atoms with E-state index in [1.165, 1.54) is 42.5 Å². The smallest absolute Gasteiger partial charge is 0.344 e. The van der Waals surface area contributed by atoms with Crippen LogP contribution in [0.5, 0.6) is 28.7 Å². The number of hydrogen-bond donors (Lipinski definition) is 4. The van der Waals surface area contributed by atoms with Gasteiger partial charge in [-0.25, -0.2) is 9.59 Å². The Bertz CT molecular complexity index is 1560. The molecule has 0 saturated heterocycles. The fourth-order valence-corrected chi connectivity index (χ4v) is 3.98. The molecular weight excluding hydrogens is 456 g/mol. The van der Waals surface area contributed by atoms with Gasteiger partial charge in [-0.2, -0.15) is 0 Å². The van der Waals surface area contributed by atoms with E-state index in [2.05, 4.69) is 0 Å². The van der Waals surface area contributed by atoms with E-state index in [-0.39, 0.29) is 40.1 Å². The highest BCUT2D eigenvalue weighted by Crippen LogP contribution is 2.49. The van der Waals surface area contributed by atoms with Crippen LogP contribution in [-0.4, -0.2) is 20.4 Å². The third-order valence-corrected chi connectivity index (χ3v) is 5.58. The fraction of sp³-hybridized carbons (Fsp3) is 0.0769. The highest BCUT2D eigenvalue weighted by atomic mass is 16.5. The number of phenolic OH excluding ortho intramolecular Hbond substituents is 3. The molecule has 35 heavy (non-hydrogen) atoms. The average Bonchev–Trinajstić information content (AvgIpc) is 3.20. The summed E-state index contributed by atoms with van der Waals surface area (Å²) in [7, 11) is 0. The summed E-state index contributed by atoms with van der Waals surface area (Å²) in [6, 6.07) is 14.0. The lowest BCUT2D eigenvalue weighted by Gasteiger charge is -2.18. The SMILES string of the molecule is O=c1cc(O)cc(C2c3c(cc(C=Cc4ccc(O)cc4)oc3=O)OC2c2ccc(O)c(O)c2)o1. The van der Waals surface area contributed by atoms with E-state index in [4.69, 9.17) is 13.6 Å². The molecule has 2 unspecified atom stereocenters. The van der Waals surface area contributed by atoms with Crippen molar-refractivity contribution in [2.75, 3.05) is 0 Å². The van der Waals surface area contributed by atoms with Gasteiger partial charge in [-0.15, -0.1) is 0 Å². The zero-order valence-corrected chi connectivity index (χ0v) is 17.9. The van der Waals surface area contributed by atoms with Crippen molar-refractivity contribution in [2.45, 2.75) is 12.0 Å². The van der Waals surface area contributed by atoms with Gasteiger partial charge in [0.25, 0.3) is 0 Å². The fourth-order valence-electron chi connectivity index (χ4n) is 3.98. The van der Waals surface area contributed by atoms with Crippen molar-refractivity contribution in [2.24, 2.45) is 0 Å². The number of hydrogen-bond acceptors (Lipinski definition) is 9. The Labute approximate surface area is 197 Å². The van der Waals surface area contributed by atoms with Gasteiger partial charge in [0.2, 0.25) is 0 Å². The maximum atomic E-state index is 13.1. The van der Waals surface area contributed by atoms with Gasteiger partial charge in [-0.05, 0) is 41.5 Å². The van der Waals surface area contributed by atoms with Crippen LogP contribution >= 0.6 is 0 Å². The van der Waals surface area contributed by atoms with Crippen LogP contribution in [-0.2, 0) is 0 Å². The summed E-state index contributed by atoms with van der Waals surface area (Å²) in [6.07, 6.45) is 2.29. The molecule has 3 heterocycles. The second-order valence-corrected chi connectivity index (χ2v) is 7.94. The van der Waals surface area contributed by atoms with Crippen LogP contribution in [0.25, 0.3) is 12.2 Å². The molecule has 4 N–H and O–H groups in total. The molecule has 9 nitrogen and oxygen atoms in total. The summed E-state index contributed by atoms with van der Waals surface area (Å²) in [5.74, 6) is -1.64. The van der Waals surface area contributed by atoms with Crippen LogP contribution in [0.1, 0.15) is 40.2 Å². The van der Waals surface area contributed by atoms with Gasteiger partial charge < -0.3 is 34.0 Å². The topological polar surface area (TPSA) is 151 Å². The molecule has 1 aliphatic rings. The summed E-state index contributed by atoms with van der Waals surface area (Å²) in [6.45, 7) is 0. The predicted octanol–water partition coefficient (Wildman–Crippen LogP) is 3.85. The first-order chi connectivity index (χ1) is 16.8. The van der Waals surface area contributed by atoms with Gasteiger partial charge in [0.15, 0.2) is 11.5 Å². The number of aromatic hydroxyl groups is 4. The molecule has 0 radical (unpaired) electrons. The molecule has 176 valence electrons. The van der Waals surface area contributed by atoms with Crippen LogP contribution in [0, 0.1) is 0 Å². The van der Waals surface area contributed by atoms with Gasteiger partial charge in [0.1, 0.15) is 34.9 Å². The molecule has 0 spiro atoms. The summed E-state index contributed by atoms with van der Waals surface area (Å²) >= 11 is 0. The predicted molar refractivity (Wildman–Crippen MR) is 124 cm³/mol. The third kappa shape index (κ3) is 4.22. The summed E-state index contributed by atoms with van der Waals surface area (Å²) in [4.78, 5) is 25.0. The van der Waals surface area contributed by atoms with Crippen LogP contribution in [0.3, 0.4) is 0 Å². The molecule has 0 amide bonds. The quantitative estimate of drug-likeness (QED) is 0.323. The van der Waals surface area contributed by atoms with E-state index < -0.39 is 29.0 Å². The van der Waals surface area contributed by atoms with Gasteiger partial charge in [0, 0.05) is 12.1 Å². The van der Waals surface area contributed by atoms with Crippen LogP contribution in [0.2, 0.25) is 0 Å². The van der Waals surface area contributed by atoms with Crippen molar-refractivity contribution in [3.8, 4) is 28.7 Å². The normalized spacial score (nSPS) is 16.8. The first-order valence-electron chi connectivity index (χ1n) is 10.5. The van der Waals surface area contributed by atoms with Crippen LogP contribution in [0.15, 0.2) is 79.1 Å². The Morgan fingerprint density at radius 2 is 1.51 bits per heavy atom. The molecule has 0 saturated carbocycles. The highest BCUT2D eigenvalue weighted by molar-refractivity contribution is 5.68. The standard InChI is InChI=1S/C26H18O9/c27-15-5-1-13(2-6-15)3-7-17-12-21-24(26(32)33-17)23(20-10-16(28)11-22(31)34-20)25(35-21)14-4-8-18(29)19(30)9-14/h1-12,23,25,27-30H. The van der Waals surface area contributed by atoms with Gasteiger partial charge >= 0.3 is 11.3 Å². The first-order valence-corrected chi connectivity index (χ1v) is 10.5. The van der Waals surface area contributed by atoms with E-state index in [1.54, 1.807) is 24.3 Å². The molecule has 0 aliphatic carbocycles. The van der Waals surface area contributed by atoms with Crippen molar-refractivity contribution < 1.29 is 34.0 Å². The van der Waals surface area contributed by atoms with Crippen molar-refractivity contribution >= 4 is 12.2 Å². The first kappa shape index (κ1) is 21.9. The van der Waals surface area contributed by atoms with Gasteiger partial charge in [0.05, 0.1) is 17.5 Å². The Morgan fingerprint density at radius 3 is 2.23 bits per heavy atom. The number of phenols is 3. The second kappa shape index (κ2) is 8.45. The molecule has 2 aromatic carbocycles. The lowest BCUT2D eigenvalue weighted by molar-refractivity contribution is 0.208. The number of benzene rings is 2. The number of fused-ring (bicyclic) bond motifs is 1. The molecule has 1 aliphatic heterocycles. The van der Waals surface area contributed by atoms with Crippen LogP contribution < -0.4 is 16.0 Å². The Hall–Kier alpha value is -4.92. The molecule has 4 aromatic rings. The van der Waals surface area contributed by atoms with E-state index in [0.717, 1.165) is 11.6 Å². The zero-order chi connectivity index (χ0) is 24.7.